The minimum Gasteiger partial charge on any atom is -0.457 e. The van der Waals surface area contributed by atoms with E-state index in [-0.39, 0.29) is 0 Å². The smallest absolute Gasteiger partial charge is 0.358 e. The molecule has 0 saturated carbocycles. The topological polar surface area (TPSA) is 29.5 Å². The van der Waals surface area contributed by atoms with Gasteiger partial charge in [0.2, 0.25) is 0 Å². The van der Waals surface area contributed by atoms with Gasteiger partial charge in [-0.15, -0.1) is 0 Å². The zero-order chi connectivity index (χ0) is 14.5. The van der Waals surface area contributed by atoms with E-state index in [0.29, 0.717) is 0 Å². The Hall–Kier alpha value is -2.52. The molecule has 3 aromatic carbocycles. The summed E-state index contributed by atoms with van der Waals surface area (Å²) in [5, 5.41) is 10.3. The molecule has 0 saturated heterocycles. The monoisotopic (exact) mass is 274 g/mol. The molecule has 0 aliphatic heterocycles. The normalized spacial score (nSPS) is 10.1. The molecule has 0 aromatic heterocycles. The van der Waals surface area contributed by atoms with Crippen LogP contribution in [0.25, 0.3) is 0 Å². The van der Waals surface area contributed by atoms with Crippen LogP contribution in [0.15, 0.2) is 84.9 Å². The summed E-state index contributed by atoms with van der Waals surface area (Å²) in [6, 6.07) is 26.8. The van der Waals surface area contributed by atoms with Crippen molar-refractivity contribution in [2.45, 2.75) is 0 Å². The first-order valence-corrected chi connectivity index (χ1v) is 6.89. The molecule has 2 nitrogen and oxygen atoms in total. The molecule has 102 valence electrons. The standard InChI is InChI=1S/C18H15BO2/c20-19(15-7-3-1-4-8-15)16-11-13-18(14-12-16)21-17-9-5-2-6-10-17/h1-14,20H. The summed E-state index contributed by atoms with van der Waals surface area (Å²) in [4.78, 5) is 0. The summed E-state index contributed by atoms with van der Waals surface area (Å²) in [5.41, 5.74) is 1.73. The largest absolute Gasteiger partial charge is 0.457 e. The minimum absolute atomic E-state index is 0.614. The molecule has 0 aliphatic carbocycles. The van der Waals surface area contributed by atoms with Gasteiger partial charge < -0.3 is 9.76 Å². The second kappa shape index (κ2) is 6.29. The van der Waals surface area contributed by atoms with Gasteiger partial charge in [-0.2, -0.15) is 0 Å². The Bertz CT molecular complexity index is 681. The summed E-state index contributed by atoms with van der Waals surface area (Å²) < 4.78 is 5.74. The van der Waals surface area contributed by atoms with E-state index < -0.39 is 6.92 Å². The van der Waals surface area contributed by atoms with Crippen molar-refractivity contribution in [3.63, 3.8) is 0 Å². The predicted molar refractivity (Wildman–Crippen MR) is 86.6 cm³/mol. The third-order valence-corrected chi connectivity index (χ3v) is 3.29. The fraction of sp³-hybridized carbons (Fsp3) is 0. The van der Waals surface area contributed by atoms with Gasteiger partial charge in [0.15, 0.2) is 0 Å². The maximum absolute atomic E-state index is 10.3. The van der Waals surface area contributed by atoms with Crippen LogP contribution in [-0.2, 0) is 0 Å². The lowest BCUT2D eigenvalue weighted by Gasteiger charge is -2.09. The summed E-state index contributed by atoms with van der Waals surface area (Å²) in [5.74, 6) is 1.55. The zero-order valence-electron chi connectivity index (χ0n) is 11.5. The first-order chi connectivity index (χ1) is 10.3. The SMILES string of the molecule is OB(c1ccccc1)c1ccc(Oc2ccccc2)cc1. The Morgan fingerprint density at radius 1 is 0.571 bits per heavy atom. The summed E-state index contributed by atoms with van der Waals surface area (Å²) in [7, 11) is 0. The average Bonchev–Trinajstić information content (AvgIpc) is 2.57. The van der Waals surface area contributed by atoms with Gasteiger partial charge in [0, 0.05) is 0 Å². The highest BCUT2D eigenvalue weighted by Crippen LogP contribution is 2.19. The Balaban J connectivity index is 1.75. The maximum atomic E-state index is 10.3. The van der Waals surface area contributed by atoms with Gasteiger partial charge in [0.05, 0.1) is 0 Å². The van der Waals surface area contributed by atoms with Crippen LogP contribution in [0.3, 0.4) is 0 Å². The molecule has 0 heterocycles. The van der Waals surface area contributed by atoms with Crippen LogP contribution < -0.4 is 15.7 Å². The molecule has 0 unspecified atom stereocenters. The van der Waals surface area contributed by atoms with Crippen molar-refractivity contribution in [3.05, 3.63) is 84.9 Å². The zero-order valence-corrected chi connectivity index (χ0v) is 11.5. The highest BCUT2D eigenvalue weighted by molar-refractivity contribution is 6.78. The van der Waals surface area contributed by atoms with Gasteiger partial charge in [-0.25, -0.2) is 0 Å². The molecule has 21 heavy (non-hydrogen) atoms. The molecule has 0 spiro atoms. The lowest BCUT2D eigenvalue weighted by atomic mass is 9.56. The van der Waals surface area contributed by atoms with Crippen molar-refractivity contribution in [3.8, 4) is 11.5 Å². The van der Waals surface area contributed by atoms with Gasteiger partial charge in [-0.05, 0) is 35.2 Å². The van der Waals surface area contributed by atoms with E-state index in [9.17, 15) is 5.02 Å². The summed E-state index contributed by atoms with van der Waals surface area (Å²) in [6.07, 6.45) is 0. The Labute approximate surface area is 124 Å². The predicted octanol–water partition coefficient (Wildman–Crippen LogP) is 2.58. The Kier molecular flexibility index (Phi) is 4.03. The van der Waals surface area contributed by atoms with Crippen LogP contribution >= 0.6 is 0 Å². The van der Waals surface area contributed by atoms with Crippen molar-refractivity contribution in [2.24, 2.45) is 0 Å². The van der Waals surface area contributed by atoms with Crippen LogP contribution in [0.5, 0.6) is 11.5 Å². The molecule has 0 fully saturated rings. The van der Waals surface area contributed by atoms with Gasteiger partial charge in [0.25, 0.3) is 0 Å². The average molecular weight is 274 g/mol. The van der Waals surface area contributed by atoms with E-state index in [1.807, 2.05) is 84.9 Å². The number of para-hydroxylation sites is 1. The molecule has 0 amide bonds. The van der Waals surface area contributed by atoms with Gasteiger partial charge in [-0.1, -0.05) is 60.7 Å². The van der Waals surface area contributed by atoms with Crippen LogP contribution in [0.1, 0.15) is 0 Å². The van der Waals surface area contributed by atoms with Crippen molar-refractivity contribution in [1.29, 1.82) is 0 Å². The van der Waals surface area contributed by atoms with Crippen molar-refractivity contribution >= 4 is 17.8 Å². The lowest BCUT2D eigenvalue weighted by molar-refractivity contribution is 0.483. The number of ether oxygens (including phenoxy) is 1. The maximum Gasteiger partial charge on any atom is 0.358 e. The quantitative estimate of drug-likeness (QED) is 0.741. The highest BCUT2D eigenvalue weighted by Gasteiger charge is 2.16. The van der Waals surface area contributed by atoms with Crippen molar-refractivity contribution < 1.29 is 9.76 Å². The second-order valence-corrected chi connectivity index (χ2v) is 4.80. The molecule has 3 aromatic rings. The highest BCUT2D eigenvalue weighted by atomic mass is 16.5. The molecule has 3 heteroatoms. The van der Waals surface area contributed by atoms with Gasteiger partial charge in [-0.3, -0.25) is 0 Å². The van der Waals surface area contributed by atoms with E-state index in [1.165, 1.54) is 0 Å². The molecule has 0 aliphatic rings. The lowest BCUT2D eigenvalue weighted by Crippen LogP contribution is -2.41. The van der Waals surface area contributed by atoms with E-state index in [0.717, 1.165) is 22.4 Å². The Morgan fingerprint density at radius 3 is 1.67 bits per heavy atom. The molecule has 0 bridgehead atoms. The second-order valence-electron chi connectivity index (χ2n) is 4.80. The first kappa shape index (κ1) is 13.5. The van der Waals surface area contributed by atoms with Crippen molar-refractivity contribution in [2.75, 3.05) is 0 Å². The Morgan fingerprint density at radius 2 is 1.05 bits per heavy atom. The number of hydrogen-bond acceptors (Lipinski definition) is 2. The van der Waals surface area contributed by atoms with E-state index in [2.05, 4.69) is 0 Å². The summed E-state index contributed by atoms with van der Waals surface area (Å²) in [6.45, 7) is -0.614. The van der Waals surface area contributed by atoms with Crippen LogP contribution in [0.4, 0.5) is 0 Å². The molecular formula is C18H15BO2. The van der Waals surface area contributed by atoms with E-state index in [1.54, 1.807) is 0 Å². The van der Waals surface area contributed by atoms with Gasteiger partial charge >= 0.3 is 6.92 Å². The number of benzene rings is 3. The minimum atomic E-state index is -0.614. The van der Waals surface area contributed by atoms with E-state index >= 15 is 0 Å². The van der Waals surface area contributed by atoms with Gasteiger partial charge in [0.1, 0.15) is 11.5 Å². The molecule has 3 rings (SSSR count). The first-order valence-electron chi connectivity index (χ1n) is 6.89. The molecular weight excluding hydrogens is 259 g/mol. The van der Waals surface area contributed by atoms with Crippen LogP contribution in [-0.4, -0.2) is 11.9 Å². The molecule has 0 atom stereocenters. The molecule has 1 N–H and O–H groups in total. The third kappa shape index (κ3) is 3.33. The molecule has 0 radical (unpaired) electrons. The fourth-order valence-corrected chi connectivity index (χ4v) is 2.17. The van der Waals surface area contributed by atoms with E-state index in [4.69, 9.17) is 4.74 Å². The summed E-state index contributed by atoms with van der Waals surface area (Å²) >= 11 is 0. The van der Waals surface area contributed by atoms with Crippen LogP contribution in [0.2, 0.25) is 0 Å². The third-order valence-electron chi connectivity index (χ3n) is 3.29. The van der Waals surface area contributed by atoms with Crippen LogP contribution in [0, 0.1) is 0 Å². The number of hydrogen-bond donors (Lipinski definition) is 1. The van der Waals surface area contributed by atoms with Crippen molar-refractivity contribution in [1.82, 2.24) is 0 Å². The fourth-order valence-electron chi connectivity index (χ4n) is 2.17. The number of rotatable bonds is 4.